The Morgan fingerprint density at radius 1 is 1.29 bits per heavy atom. The summed E-state index contributed by atoms with van der Waals surface area (Å²) in [6.45, 7) is 6.02. The Labute approximate surface area is 183 Å². The number of para-hydroxylation sites is 1. The monoisotopic (exact) mass is 437 g/mol. The predicted octanol–water partition coefficient (Wildman–Crippen LogP) is 3.05. The van der Waals surface area contributed by atoms with E-state index >= 15 is 0 Å². The molecule has 1 N–H and O–H groups in total. The van der Waals surface area contributed by atoms with Crippen molar-refractivity contribution in [1.82, 2.24) is 24.5 Å². The maximum Gasteiger partial charge on any atom is 0.263 e. The summed E-state index contributed by atoms with van der Waals surface area (Å²) in [5.41, 5.74) is 0.567. The van der Waals surface area contributed by atoms with Crippen molar-refractivity contribution in [2.45, 2.75) is 37.5 Å². The highest BCUT2D eigenvalue weighted by Gasteiger charge is 2.17. The van der Waals surface area contributed by atoms with Crippen molar-refractivity contribution in [3.63, 3.8) is 0 Å². The molecular formula is C22H23N5O3S. The Kier molecular flexibility index (Phi) is 6.22. The standard InChI is InChI=1S/C22H23N5O3S/c1-3-12-26-20(29)17-8-4-5-9-18(17)27-21(26)24-25-22(27)31-14-19(28)23-15(2)10-11-16-7-6-13-30-16/h3-9,13,15H,1,10-12,14H2,2H3,(H,23,28). The second-order valence-corrected chi connectivity index (χ2v) is 8.16. The average Bonchev–Trinajstić information content (AvgIpc) is 3.44. The summed E-state index contributed by atoms with van der Waals surface area (Å²) in [6, 6.07) is 11.1. The van der Waals surface area contributed by atoms with Crippen LogP contribution < -0.4 is 10.9 Å². The van der Waals surface area contributed by atoms with Crippen LogP contribution in [0.25, 0.3) is 16.7 Å². The van der Waals surface area contributed by atoms with Gasteiger partial charge in [-0.05, 0) is 37.6 Å². The van der Waals surface area contributed by atoms with Gasteiger partial charge in [-0.25, -0.2) is 0 Å². The van der Waals surface area contributed by atoms with E-state index in [9.17, 15) is 9.59 Å². The van der Waals surface area contributed by atoms with Gasteiger partial charge in [0.2, 0.25) is 11.7 Å². The van der Waals surface area contributed by atoms with Crippen LogP contribution in [0.2, 0.25) is 0 Å². The van der Waals surface area contributed by atoms with Crippen LogP contribution >= 0.6 is 11.8 Å². The summed E-state index contributed by atoms with van der Waals surface area (Å²) in [5.74, 6) is 1.44. The van der Waals surface area contributed by atoms with Crippen LogP contribution in [0.1, 0.15) is 19.1 Å². The summed E-state index contributed by atoms with van der Waals surface area (Å²) in [5, 5.41) is 12.6. The molecule has 0 saturated carbocycles. The maximum absolute atomic E-state index is 12.8. The summed E-state index contributed by atoms with van der Waals surface area (Å²) in [7, 11) is 0. The second kappa shape index (κ2) is 9.22. The SMILES string of the molecule is C=CCn1c(=O)c2ccccc2n2c(SCC(=O)NC(C)CCc3ccco3)nnc12. The molecule has 9 heteroatoms. The first-order chi connectivity index (χ1) is 15.1. The number of aryl methyl sites for hydroxylation is 1. The van der Waals surface area contributed by atoms with Crippen LogP contribution in [0.15, 0.2) is 69.7 Å². The number of rotatable bonds is 9. The molecule has 3 aromatic heterocycles. The van der Waals surface area contributed by atoms with Crippen molar-refractivity contribution in [1.29, 1.82) is 0 Å². The third-order valence-electron chi connectivity index (χ3n) is 4.93. The molecule has 0 spiro atoms. The highest BCUT2D eigenvalue weighted by Crippen LogP contribution is 2.21. The summed E-state index contributed by atoms with van der Waals surface area (Å²) in [6.07, 6.45) is 4.85. The number of carbonyl (C=O) groups excluding carboxylic acids is 1. The summed E-state index contributed by atoms with van der Waals surface area (Å²) < 4.78 is 8.68. The Bertz CT molecular complexity index is 1280. The molecule has 160 valence electrons. The molecule has 0 radical (unpaired) electrons. The summed E-state index contributed by atoms with van der Waals surface area (Å²) >= 11 is 1.29. The van der Waals surface area contributed by atoms with E-state index in [-0.39, 0.29) is 23.3 Å². The van der Waals surface area contributed by atoms with Crippen molar-refractivity contribution in [3.8, 4) is 0 Å². The number of allylic oxidation sites excluding steroid dienone is 1. The number of carbonyl (C=O) groups is 1. The van der Waals surface area contributed by atoms with Crippen LogP contribution in [0.4, 0.5) is 0 Å². The van der Waals surface area contributed by atoms with E-state index in [1.54, 1.807) is 18.4 Å². The molecule has 1 amide bonds. The van der Waals surface area contributed by atoms with Crippen molar-refractivity contribution in [2.24, 2.45) is 0 Å². The highest BCUT2D eigenvalue weighted by atomic mass is 32.2. The van der Waals surface area contributed by atoms with Gasteiger partial charge in [0, 0.05) is 19.0 Å². The van der Waals surface area contributed by atoms with Crippen molar-refractivity contribution < 1.29 is 9.21 Å². The van der Waals surface area contributed by atoms with Gasteiger partial charge in [0.15, 0.2) is 5.16 Å². The van der Waals surface area contributed by atoms with E-state index in [0.29, 0.717) is 28.4 Å². The van der Waals surface area contributed by atoms with Gasteiger partial charge in [-0.15, -0.1) is 16.8 Å². The zero-order valence-electron chi connectivity index (χ0n) is 17.2. The summed E-state index contributed by atoms with van der Waals surface area (Å²) in [4.78, 5) is 25.3. The minimum absolute atomic E-state index is 0.0203. The van der Waals surface area contributed by atoms with E-state index < -0.39 is 0 Å². The molecule has 8 nitrogen and oxygen atoms in total. The molecule has 0 bridgehead atoms. The molecule has 3 heterocycles. The predicted molar refractivity (Wildman–Crippen MR) is 120 cm³/mol. The van der Waals surface area contributed by atoms with Gasteiger partial charge in [-0.3, -0.25) is 18.6 Å². The minimum Gasteiger partial charge on any atom is -0.469 e. The van der Waals surface area contributed by atoms with Gasteiger partial charge in [0.25, 0.3) is 5.56 Å². The Morgan fingerprint density at radius 2 is 2.13 bits per heavy atom. The molecule has 1 unspecified atom stereocenters. The van der Waals surface area contributed by atoms with Crippen molar-refractivity contribution >= 4 is 34.3 Å². The lowest BCUT2D eigenvalue weighted by Gasteiger charge is -2.13. The molecule has 1 aromatic carbocycles. The fourth-order valence-electron chi connectivity index (χ4n) is 3.45. The Morgan fingerprint density at radius 3 is 2.90 bits per heavy atom. The van der Waals surface area contributed by atoms with Gasteiger partial charge in [0.1, 0.15) is 5.76 Å². The molecule has 0 aliphatic heterocycles. The molecule has 0 fully saturated rings. The fourth-order valence-corrected chi connectivity index (χ4v) is 4.20. The quantitative estimate of drug-likeness (QED) is 0.319. The van der Waals surface area contributed by atoms with E-state index in [1.165, 1.54) is 16.3 Å². The lowest BCUT2D eigenvalue weighted by Crippen LogP contribution is -2.34. The molecule has 1 atom stereocenters. The second-order valence-electron chi connectivity index (χ2n) is 7.21. The number of nitrogens with zero attached hydrogens (tertiary/aromatic N) is 4. The van der Waals surface area contributed by atoms with Gasteiger partial charge < -0.3 is 9.73 Å². The number of hydrogen-bond donors (Lipinski definition) is 1. The molecule has 4 aromatic rings. The normalized spacial score (nSPS) is 12.3. The number of amides is 1. The first kappa shape index (κ1) is 20.9. The van der Waals surface area contributed by atoms with E-state index in [4.69, 9.17) is 4.42 Å². The molecule has 31 heavy (non-hydrogen) atoms. The van der Waals surface area contributed by atoms with Crippen LogP contribution in [-0.4, -0.2) is 36.9 Å². The van der Waals surface area contributed by atoms with E-state index in [2.05, 4.69) is 22.1 Å². The number of nitrogens with one attached hydrogen (secondary N) is 1. The first-order valence-corrected chi connectivity index (χ1v) is 11.0. The van der Waals surface area contributed by atoms with Gasteiger partial charge in [-0.1, -0.05) is 30.0 Å². The largest absolute Gasteiger partial charge is 0.469 e. The molecule has 4 rings (SSSR count). The van der Waals surface area contributed by atoms with Crippen LogP contribution in [0.3, 0.4) is 0 Å². The zero-order valence-corrected chi connectivity index (χ0v) is 18.0. The Balaban J connectivity index is 1.50. The lowest BCUT2D eigenvalue weighted by molar-refractivity contribution is -0.119. The smallest absolute Gasteiger partial charge is 0.263 e. The number of hydrogen-bond acceptors (Lipinski definition) is 6. The average molecular weight is 438 g/mol. The maximum atomic E-state index is 12.8. The Hall–Kier alpha value is -3.33. The number of thioether (sulfide) groups is 1. The number of benzene rings is 1. The third-order valence-corrected chi connectivity index (χ3v) is 5.86. The minimum atomic E-state index is -0.143. The zero-order chi connectivity index (χ0) is 21.8. The molecule has 0 aliphatic carbocycles. The van der Waals surface area contributed by atoms with Gasteiger partial charge in [-0.2, -0.15) is 0 Å². The first-order valence-electron chi connectivity index (χ1n) is 10.0. The number of furan rings is 1. The van der Waals surface area contributed by atoms with Crippen LogP contribution in [0.5, 0.6) is 0 Å². The van der Waals surface area contributed by atoms with Gasteiger partial charge in [0.05, 0.1) is 22.9 Å². The number of aromatic nitrogens is 4. The van der Waals surface area contributed by atoms with Gasteiger partial charge >= 0.3 is 0 Å². The van der Waals surface area contributed by atoms with Crippen molar-refractivity contribution in [3.05, 3.63) is 71.4 Å². The van der Waals surface area contributed by atoms with E-state index in [0.717, 1.165) is 18.6 Å². The third kappa shape index (κ3) is 4.41. The van der Waals surface area contributed by atoms with Crippen molar-refractivity contribution in [2.75, 3.05) is 5.75 Å². The molecule has 0 aliphatic rings. The highest BCUT2D eigenvalue weighted by molar-refractivity contribution is 7.99. The fraction of sp³-hybridized carbons (Fsp3) is 0.273. The topological polar surface area (TPSA) is 94.4 Å². The van der Waals surface area contributed by atoms with Crippen LogP contribution in [-0.2, 0) is 17.8 Å². The lowest BCUT2D eigenvalue weighted by atomic mass is 10.1. The molecular weight excluding hydrogens is 414 g/mol. The number of fused-ring (bicyclic) bond motifs is 3. The van der Waals surface area contributed by atoms with Crippen LogP contribution in [0, 0.1) is 0 Å². The molecule has 0 saturated heterocycles. The van der Waals surface area contributed by atoms with E-state index in [1.807, 2.05) is 41.7 Å².